The highest BCUT2D eigenvalue weighted by Crippen LogP contribution is 2.83. The van der Waals surface area contributed by atoms with Gasteiger partial charge in [-0.15, -0.1) is 0 Å². The van der Waals surface area contributed by atoms with Gasteiger partial charge in [-0.2, -0.15) is 0 Å². The van der Waals surface area contributed by atoms with E-state index in [1.807, 2.05) is 36.4 Å². The van der Waals surface area contributed by atoms with Crippen LogP contribution < -0.4 is 4.74 Å². The van der Waals surface area contributed by atoms with E-state index < -0.39 is 22.9 Å². The first-order chi connectivity index (χ1) is 17.9. The summed E-state index contributed by atoms with van der Waals surface area (Å²) in [5.74, 6) is 0.534. The molecule has 1 aliphatic carbocycles. The van der Waals surface area contributed by atoms with Crippen LogP contribution in [0.1, 0.15) is 11.1 Å². The van der Waals surface area contributed by atoms with Crippen molar-refractivity contribution in [2.75, 3.05) is 0 Å². The van der Waals surface area contributed by atoms with Crippen molar-refractivity contribution in [1.82, 2.24) is 0 Å². The summed E-state index contributed by atoms with van der Waals surface area (Å²) in [4.78, 5) is 0. The molecule has 3 aromatic rings. The molecule has 3 aromatic carbocycles. The van der Waals surface area contributed by atoms with Gasteiger partial charge in [0.2, 0.25) is 4.51 Å². The third kappa shape index (κ3) is 5.13. The Kier molecular flexibility index (Phi) is 11.7. The second-order valence-corrected chi connectivity index (χ2v) is 26.2. The fourth-order valence-electron chi connectivity index (χ4n) is 4.32. The maximum Gasteiger partial charge on any atom is 0.211 e. The van der Waals surface area contributed by atoms with E-state index in [4.69, 9.17) is 4.74 Å². The average molecular weight is 1430 g/mol. The first kappa shape index (κ1) is 36.0. The molecular formula is C24H10Br14O. The molecule has 0 amide bonds. The third-order valence-corrected chi connectivity index (χ3v) is 31.4. The van der Waals surface area contributed by atoms with E-state index in [0.29, 0.717) is 14.7 Å². The Hall–Kier alpha value is 4.18. The first-order valence-electron chi connectivity index (χ1n) is 10.4. The van der Waals surface area contributed by atoms with Gasteiger partial charge in [-0.3, -0.25) is 0 Å². The van der Waals surface area contributed by atoms with Crippen LogP contribution >= 0.6 is 223 Å². The molecule has 0 spiro atoms. The molecule has 0 aliphatic heterocycles. The number of hydrogen-bond acceptors (Lipinski definition) is 1. The van der Waals surface area contributed by atoms with Gasteiger partial charge in [0.25, 0.3) is 0 Å². The lowest BCUT2D eigenvalue weighted by atomic mass is 9.69. The lowest BCUT2D eigenvalue weighted by Gasteiger charge is -2.68. The molecule has 0 N–H and O–H groups in total. The zero-order valence-electron chi connectivity index (χ0n) is 18.5. The average Bonchev–Trinajstić information content (AvgIpc) is 2.92. The van der Waals surface area contributed by atoms with Crippen LogP contribution in [0.3, 0.4) is 0 Å². The number of alkyl halides is 9. The first-order valence-corrected chi connectivity index (χ1v) is 21.5. The minimum Gasteiger partial charge on any atom is -0.469 e. The molecule has 1 fully saturated rings. The topological polar surface area (TPSA) is 9.23 Å². The molecule has 39 heavy (non-hydrogen) atoms. The van der Waals surface area contributed by atoms with Crippen molar-refractivity contribution >= 4 is 223 Å². The standard InChI is InChI=1S/C24H10Br14O/c25-13-14(26)16(28)18(17(29)15(13)27)39-24(38)20(31,12-9-5-2-6-10-12)19(30,11-7-3-1-4-8-11)21(32,33)22(34,35)23(24,36)37/h1-10H. The Morgan fingerprint density at radius 1 is 0.410 bits per heavy atom. The molecule has 0 bridgehead atoms. The Morgan fingerprint density at radius 2 is 0.769 bits per heavy atom. The van der Waals surface area contributed by atoms with E-state index in [1.54, 1.807) is 0 Å². The SMILES string of the molecule is Brc1c(Br)c(Br)c(OC2(Br)C(Br)(Br)C(Br)(Br)C(Br)(Br)C(Br)(c3ccccc3)C2(Br)c2ccccc2)c(Br)c1Br. The Balaban J connectivity index is 2.21. The summed E-state index contributed by atoms with van der Waals surface area (Å²) in [6, 6.07) is 20.3. The largest absolute Gasteiger partial charge is 0.469 e. The van der Waals surface area contributed by atoms with Crippen LogP contribution in [0.4, 0.5) is 0 Å². The number of rotatable bonds is 4. The van der Waals surface area contributed by atoms with Crippen molar-refractivity contribution in [1.29, 1.82) is 0 Å². The van der Waals surface area contributed by atoms with Crippen molar-refractivity contribution in [3.05, 3.63) is 94.2 Å². The van der Waals surface area contributed by atoms with Crippen LogP contribution in [0.2, 0.25) is 0 Å². The van der Waals surface area contributed by atoms with Gasteiger partial charge in [0, 0.05) is 4.47 Å². The van der Waals surface area contributed by atoms with Crippen LogP contribution in [-0.4, -0.2) is 14.2 Å². The number of benzene rings is 3. The van der Waals surface area contributed by atoms with Crippen LogP contribution in [-0.2, 0) is 8.65 Å². The van der Waals surface area contributed by atoms with Crippen molar-refractivity contribution in [3.63, 3.8) is 0 Å². The quantitative estimate of drug-likeness (QED) is 0.144. The summed E-state index contributed by atoms with van der Waals surface area (Å²) in [5, 5.41) is 0. The van der Waals surface area contributed by atoms with Crippen molar-refractivity contribution in [2.24, 2.45) is 0 Å². The normalized spacial score (nSPS) is 29.2. The number of halogens is 14. The zero-order chi connectivity index (χ0) is 29.4. The molecule has 0 heterocycles. The lowest BCUT2D eigenvalue weighted by Crippen LogP contribution is -2.80. The second-order valence-electron chi connectivity index (χ2n) is 8.37. The molecule has 0 aromatic heterocycles. The molecule has 210 valence electrons. The molecule has 0 saturated heterocycles. The summed E-state index contributed by atoms with van der Waals surface area (Å²) >= 11 is 55.6. The van der Waals surface area contributed by atoms with Crippen LogP contribution in [0.5, 0.6) is 5.75 Å². The minimum atomic E-state index is -1.33. The summed E-state index contributed by atoms with van der Waals surface area (Å²) in [6.07, 6.45) is 0. The maximum atomic E-state index is 7.22. The van der Waals surface area contributed by atoms with Crippen LogP contribution in [0.25, 0.3) is 0 Å². The van der Waals surface area contributed by atoms with Gasteiger partial charge < -0.3 is 4.74 Å². The predicted molar refractivity (Wildman–Crippen MR) is 213 cm³/mol. The number of ether oxygens (including phenoxy) is 1. The molecule has 15 heteroatoms. The van der Waals surface area contributed by atoms with E-state index >= 15 is 0 Å². The summed E-state index contributed by atoms with van der Waals surface area (Å²) in [5.41, 5.74) is 1.88. The Morgan fingerprint density at radius 3 is 1.18 bits per heavy atom. The Bertz CT molecular complexity index is 1380. The van der Waals surface area contributed by atoms with Crippen molar-refractivity contribution in [3.8, 4) is 5.75 Å². The van der Waals surface area contributed by atoms with Gasteiger partial charge in [-0.25, -0.2) is 0 Å². The van der Waals surface area contributed by atoms with Crippen LogP contribution in [0.15, 0.2) is 83.0 Å². The van der Waals surface area contributed by atoms with Crippen molar-refractivity contribution < 1.29 is 4.74 Å². The minimum absolute atomic E-state index is 0.534. The molecule has 3 atom stereocenters. The van der Waals surface area contributed by atoms with Gasteiger partial charge in [-0.05, 0) is 107 Å². The monoisotopic (exact) mass is 1420 g/mol. The summed E-state index contributed by atoms with van der Waals surface area (Å²) < 4.78 is 4.60. The highest BCUT2D eigenvalue weighted by Gasteiger charge is 2.87. The molecule has 3 unspecified atom stereocenters. The van der Waals surface area contributed by atoms with E-state index in [1.165, 1.54) is 0 Å². The zero-order valence-corrected chi connectivity index (χ0v) is 40.7. The van der Waals surface area contributed by atoms with E-state index in [-0.39, 0.29) is 0 Å². The van der Waals surface area contributed by atoms with E-state index in [0.717, 1.165) is 24.5 Å². The van der Waals surface area contributed by atoms with Gasteiger partial charge in [0.05, 0.1) is 17.9 Å². The van der Waals surface area contributed by atoms with Gasteiger partial charge >= 0.3 is 0 Å². The summed E-state index contributed by atoms with van der Waals surface area (Å²) in [6.45, 7) is 0. The predicted octanol–water partition coefficient (Wildman–Crippen LogP) is 15.0. The van der Waals surface area contributed by atoms with Crippen LogP contribution in [0, 0.1) is 0 Å². The van der Waals surface area contributed by atoms with E-state index in [9.17, 15) is 0 Å². The summed E-state index contributed by atoms with van der Waals surface area (Å²) in [7, 11) is 0. The third-order valence-electron chi connectivity index (χ3n) is 6.30. The van der Waals surface area contributed by atoms with Gasteiger partial charge in [0.1, 0.15) is 15.1 Å². The van der Waals surface area contributed by atoms with Gasteiger partial charge in [0.15, 0.2) is 8.98 Å². The highest BCUT2D eigenvalue weighted by atomic mass is 79.9. The molecular weight excluding hydrogens is 1420 g/mol. The Labute approximate surface area is 344 Å². The smallest absolute Gasteiger partial charge is 0.211 e. The maximum absolute atomic E-state index is 7.22. The second kappa shape index (κ2) is 12.7. The highest BCUT2D eigenvalue weighted by molar-refractivity contribution is 9.33. The molecule has 1 aliphatic rings. The molecule has 1 nitrogen and oxygen atoms in total. The fraction of sp³-hybridized carbons (Fsp3) is 0.250. The fourth-order valence-corrected chi connectivity index (χ4v) is 18.3. The van der Waals surface area contributed by atoms with Crippen molar-refractivity contribution in [2.45, 2.75) is 22.9 Å². The molecule has 0 radical (unpaired) electrons. The lowest BCUT2D eigenvalue weighted by molar-refractivity contribution is 0.0672. The van der Waals surface area contributed by atoms with Gasteiger partial charge in [-0.1, -0.05) is 188 Å². The molecule has 1 saturated carbocycles. The van der Waals surface area contributed by atoms with E-state index in [2.05, 4.69) is 247 Å². The number of hydrogen-bond donors (Lipinski definition) is 0. The molecule has 4 rings (SSSR count).